The van der Waals surface area contributed by atoms with Crippen LogP contribution in [0.15, 0.2) is 4.47 Å². The molecule has 0 saturated heterocycles. The first-order chi connectivity index (χ1) is 7.63. The lowest BCUT2D eigenvalue weighted by atomic mass is 10.1. The maximum atomic E-state index is 5.96. The van der Waals surface area contributed by atoms with Gasteiger partial charge < -0.3 is 5.73 Å². The number of nitrogens with two attached hydrogens (primary N) is 1. The molecule has 1 aromatic heterocycles. The Labute approximate surface area is 107 Å². The fraction of sp³-hybridized carbons (Fsp3) is 0.750. The van der Waals surface area contributed by atoms with Gasteiger partial charge in [-0.25, -0.2) is 0 Å². The minimum atomic E-state index is 0.303. The van der Waals surface area contributed by atoms with Crippen LogP contribution in [-0.2, 0) is 19.4 Å². The number of hydrogen-bond acceptors (Lipinski definition) is 2. The van der Waals surface area contributed by atoms with E-state index < -0.39 is 0 Å². The Morgan fingerprint density at radius 2 is 2.06 bits per heavy atom. The molecule has 1 heterocycles. The molecule has 1 aromatic rings. The van der Waals surface area contributed by atoms with Gasteiger partial charge in [0.2, 0.25) is 0 Å². The van der Waals surface area contributed by atoms with Crippen molar-refractivity contribution in [1.82, 2.24) is 9.78 Å². The highest BCUT2D eigenvalue weighted by molar-refractivity contribution is 9.10. The zero-order valence-corrected chi connectivity index (χ0v) is 12.0. The molecule has 2 N–H and O–H groups in total. The summed E-state index contributed by atoms with van der Waals surface area (Å²) in [5.74, 6) is 0. The Hall–Kier alpha value is -0.350. The van der Waals surface area contributed by atoms with Gasteiger partial charge in [-0.3, -0.25) is 4.68 Å². The molecule has 92 valence electrons. The van der Waals surface area contributed by atoms with E-state index in [4.69, 9.17) is 5.73 Å². The summed E-state index contributed by atoms with van der Waals surface area (Å²) in [7, 11) is 0. The number of rotatable bonds is 6. The van der Waals surface area contributed by atoms with Gasteiger partial charge in [0.1, 0.15) is 0 Å². The SMILES string of the molecule is CCc1nn(CC)c(CCC(N)CC)c1Br. The number of halogens is 1. The zero-order valence-electron chi connectivity index (χ0n) is 10.5. The molecule has 0 amide bonds. The first kappa shape index (κ1) is 13.7. The molecule has 16 heavy (non-hydrogen) atoms. The predicted octanol–water partition coefficient (Wildman–Crippen LogP) is 2.90. The van der Waals surface area contributed by atoms with Crippen molar-refractivity contribution in [1.29, 1.82) is 0 Å². The maximum absolute atomic E-state index is 5.96. The van der Waals surface area contributed by atoms with Gasteiger partial charge in [0.15, 0.2) is 0 Å². The molecule has 0 aliphatic carbocycles. The van der Waals surface area contributed by atoms with Crippen molar-refractivity contribution in [2.75, 3.05) is 0 Å². The number of aryl methyl sites for hydroxylation is 2. The summed E-state index contributed by atoms with van der Waals surface area (Å²) in [4.78, 5) is 0. The van der Waals surface area contributed by atoms with E-state index in [2.05, 4.69) is 46.5 Å². The minimum absolute atomic E-state index is 0.303. The van der Waals surface area contributed by atoms with Crippen molar-refractivity contribution in [3.63, 3.8) is 0 Å². The van der Waals surface area contributed by atoms with Crippen LogP contribution >= 0.6 is 15.9 Å². The summed E-state index contributed by atoms with van der Waals surface area (Å²) in [5, 5.41) is 4.58. The molecular weight excluding hydrogens is 266 g/mol. The quantitative estimate of drug-likeness (QED) is 0.874. The van der Waals surface area contributed by atoms with Crippen molar-refractivity contribution in [2.45, 2.75) is 59.0 Å². The summed E-state index contributed by atoms with van der Waals surface area (Å²) in [6.45, 7) is 7.32. The average molecular weight is 288 g/mol. The summed E-state index contributed by atoms with van der Waals surface area (Å²) >= 11 is 3.65. The topological polar surface area (TPSA) is 43.8 Å². The number of aromatic nitrogens is 2. The van der Waals surface area contributed by atoms with Crippen LogP contribution < -0.4 is 5.73 Å². The van der Waals surface area contributed by atoms with Crippen LogP contribution in [0.25, 0.3) is 0 Å². The lowest BCUT2D eigenvalue weighted by molar-refractivity contribution is 0.555. The average Bonchev–Trinajstić information content (AvgIpc) is 2.62. The van der Waals surface area contributed by atoms with Gasteiger partial charge in [-0.15, -0.1) is 0 Å². The predicted molar refractivity (Wildman–Crippen MR) is 71.6 cm³/mol. The lowest BCUT2D eigenvalue weighted by Gasteiger charge is -2.09. The maximum Gasteiger partial charge on any atom is 0.0766 e. The number of hydrogen-bond donors (Lipinski definition) is 1. The van der Waals surface area contributed by atoms with E-state index in [1.807, 2.05) is 0 Å². The molecule has 0 aromatic carbocycles. The third kappa shape index (κ3) is 3.08. The summed E-state index contributed by atoms with van der Waals surface area (Å²) in [6, 6.07) is 0.303. The number of nitrogens with zero attached hydrogens (tertiary/aromatic N) is 2. The largest absolute Gasteiger partial charge is 0.328 e. The van der Waals surface area contributed by atoms with Gasteiger partial charge in [0.25, 0.3) is 0 Å². The Balaban J connectivity index is 2.80. The monoisotopic (exact) mass is 287 g/mol. The molecule has 0 radical (unpaired) electrons. The molecule has 1 atom stereocenters. The van der Waals surface area contributed by atoms with E-state index in [1.165, 1.54) is 10.2 Å². The fourth-order valence-corrected chi connectivity index (χ4v) is 2.54. The van der Waals surface area contributed by atoms with Crippen LogP contribution in [0.4, 0.5) is 0 Å². The first-order valence-electron chi connectivity index (χ1n) is 6.13. The smallest absolute Gasteiger partial charge is 0.0766 e. The standard InChI is InChI=1S/C12H22BrN3/c1-4-9(14)7-8-11-12(13)10(5-2)15-16(11)6-3/h9H,4-8,14H2,1-3H3. The van der Waals surface area contributed by atoms with E-state index in [1.54, 1.807) is 0 Å². The van der Waals surface area contributed by atoms with Crippen LogP contribution in [0, 0.1) is 0 Å². The highest BCUT2D eigenvalue weighted by atomic mass is 79.9. The molecule has 0 aliphatic heterocycles. The minimum Gasteiger partial charge on any atom is -0.328 e. The van der Waals surface area contributed by atoms with Crippen LogP contribution in [-0.4, -0.2) is 15.8 Å². The fourth-order valence-electron chi connectivity index (χ4n) is 1.78. The van der Waals surface area contributed by atoms with Gasteiger partial charge in [-0.2, -0.15) is 5.10 Å². The normalized spacial score (nSPS) is 13.1. The van der Waals surface area contributed by atoms with E-state index in [9.17, 15) is 0 Å². The molecule has 1 rings (SSSR count). The van der Waals surface area contributed by atoms with Crippen molar-refractivity contribution >= 4 is 15.9 Å². The Kier molecular flexibility index (Phi) is 5.49. The van der Waals surface area contributed by atoms with Crippen LogP contribution in [0.2, 0.25) is 0 Å². The lowest BCUT2D eigenvalue weighted by Crippen LogP contribution is -2.20. The molecule has 0 saturated carbocycles. The second-order valence-corrected chi connectivity index (χ2v) is 4.88. The van der Waals surface area contributed by atoms with Crippen molar-refractivity contribution in [3.8, 4) is 0 Å². The molecular formula is C12H22BrN3. The van der Waals surface area contributed by atoms with Gasteiger partial charge in [-0.1, -0.05) is 13.8 Å². The Bertz CT molecular complexity index is 333. The third-order valence-corrected chi connectivity index (χ3v) is 3.89. The molecule has 1 unspecified atom stereocenters. The van der Waals surface area contributed by atoms with E-state index in [0.29, 0.717) is 6.04 Å². The van der Waals surface area contributed by atoms with Crippen LogP contribution in [0.5, 0.6) is 0 Å². The first-order valence-corrected chi connectivity index (χ1v) is 6.92. The van der Waals surface area contributed by atoms with Crippen LogP contribution in [0.3, 0.4) is 0 Å². The molecule has 3 nitrogen and oxygen atoms in total. The van der Waals surface area contributed by atoms with E-state index >= 15 is 0 Å². The van der Waals surface area contributed by atoms with Crippen molar-refractivity contribution in [2.24, 2.45) is 5.73 Å². The summed E-state index contributed by atoms with van der Waals surface area (Å²) in [6.07, 6.45) is 4.05. The van der Waals surface area contributed by atoms with Crippen LogP contribution in [0.1, 0.15) is 45.0 Å². The Morgan fingerprint density at radius 3 is 2.56 bits per heavy atom. The second kappa shape index (κ2) is 6.40. The van der Waals surface area contributed by atoms with Gasteiger partial charge >= 0.3 is 0 Å². The molecule has 0 aliphatic rings. The van der Waals surface area contributed by atoms with Crippen molar-refractivity contribution < 1.29 is 0 Å². The second-order valence-electron chi connectivity index (χ2n) is 4.08. The highest BCUT2D eigenvalue weighted by Gasteiger charge is 2.14. The van der Waals surface area contributed by atoms with E-state index in [-0.39, 0.29) is 0 Å². The van der Waals surface area contributed by atoms with E-state index in [0.717, 1.165) is 37.9 Å². The van der Waals surface area contributed by atoms with Gasteiger partial charge in [-0.05, 0) is 48.5 Å². The summed E-state index contributed by atoms with van der Waals surface area (Å²) < 4.78 is 3.27. The molecule has 0 fully saturated rings. The van der Waals surface area contributed by atoms with Crippen molar-refractivity contribution in [3.05, 3.63) is 15.9 Å². The Morgan fingerprint density at radius 1 is 1.38 bits per heavy atom. The molecule has 4 heteroatoms. The van der Waals surface area contributed by atoms with Gasteiger partial charge in [0.05, 0.1) is 15.9 Å². The third-order valence-electron chi connectivity index (χ3n) is 2.97. The highest BCUT2D eigenvalue weighted by Crippen LogP contribution is 2.23. The summed E-state index contributed by atoms with van der Waals surface area (Å²) in [5.41, 5.74) is 8.41. The zero-order chi connectivity index (χ0) is 12.1. The van der Waals surface area contributed by atoms with Gasteiger partial charge in [0, 0.05) is 12.6 Å². The molecule has 0 spiro atoms. The molecule has 0 bridgehead atoms.